The zero-order chi connectivity index (χ0) is 27.3. The van der Waals surface area contributed by atoms with Crippen LogP contribution in [0.15, 0.2) is 93.9 Å². The zero-order valence-corrected chi connectivity index (χ0v) is 23.1. The van der Waals surface area contributed by atoms with E-state index in [1.807, 2.05) is 68.5 Å². The number of hydrogen-bond acceptors (Lipinski definition) is 5. The summed E-state index contributed by atoms with van der Waals surface area (Å²) in [4.78, 5) is 32.6. The molecular weight excluding hydrogens is 504 g/mol. The molecule has 6 heteroatoms. The Labute approximate surface area is 230 Å². The second-order valence-electron chi connectivity index (χ2n) is 9.84. The van der Waals surface area contributed by atoms with Crippen molar-refractivity contribution >= 4 is 44.9 Å². The first-order valence-electron chi connectivity index (χ1n) is 13.0. The van der Waals surface area contributed by atoms with Gasteiger partial charge in [-0.15, -0.1) is 0 Å². The third kappa shape index (κ3) is 4.12. The number of esters is 1. The first kappa shape index (κ1) is 25.0. The Morgan fingerprint density at radius 2 is 1.51 bits per heavy atom. The molecule has 1 atom stereocenters. The highest BCUT2D eigenvalue weighted by molar-refractivity contribution is 7.07. The molecule has 1 aliphatic heterocycles. The lowest BCUT2D eigenvalue weighted by Gasteiger charge is -2.24. The van der Waals surface area contributed by atoms with Crippen molar-refractivity contribution in [3.05, 3.63) is 126 Å². The highest BCUT2D eigenvalue weighted by Gasteiger charge is 2.33. The summed E-state index contributed by atoms with van der Waals surface area (Å²) in [5.41, 5.74) is 4.95. The van der Waals surface area contributed by atoms with Crippen molar-refractivity contribution in [1.82, 2.24) is 4.57 Å². The molecule has 6 rings (SSSR count). The lowest BCUT2D eigenvalue weighted by Crippen LogP contribution is -2.39. The molecule has 0 aliphatic carbocycles. The summed E-state index contributed by atoms with van der Waals surface area (Å²) in [7, 11) is 0. The summed E-state index contributed by atoms with van der Waals surface area (Å²) in [6, 6.07) is 23.9. The standard InChI is InChI=1S/C33H28N2O3S/c1-5-38-32(37)29-21(4)34-33-35(30(29)22-16-14-19(2)15-17-22)31(36)28(39-33)18-27-25-12-8-6-10-23(25)20(3)24-11-7-9-13-26(24)27/h6-18,30H,5H2,1-4H3/b28-18+/t30-/m0/s1. The Kier molecular flexibility index (Phi) is 6.28. The Morgan fingerprint density at radius 1 is 0.923 bits per heavy atom. The van der Waals surface area contributed by atoms with Gasteiger partial charge in [0.15, 0.2) is 4.80 Å². The van der Waals surface area contributed by atoms with Gasteiger partial charge in [-0.3, -0.25) is 9.36 Å². The molecule has 5 aromatic rings. The molecule has 4 aromatic carbocycles. The van der Waals surface area contributed by atoms with Crippen LogP contribution in [0.5, 0.6) is 0 Å². The summed E-state index contributed by atoms with van der Waals surface area (Å²) in [6.07, 6.45) is 1.99. The van der Waals surface area contributed by atoms with Crippen molar-refractivity contribution in [1.29, 1.82) is 0 Å². The Balaban J connectivity index is 1.65. The molecule has 5 nitrogen and oxygen atoms in total. The minimum Gasteiger partial charge on any atom is -0.463 e. The van der Waals surface area contributed by atoms with Crippen LogP contribution in [0.1, 0.15) is 42.1 Å². The van der Waals surface area contributed by atoms with E-state index in [2.05, 4.69) is 31.2 Å². The highest BCUT2D eigenvalue weighted by Crippen LogP contribution is 2.33. The van der Waals surface area contributed by atoms with Crippen LogP contribution < -0.4 is 14.9 Å². The van der Waals surface area contributed by atoms with Crippen molar-refractivity contribution in [2.24, 2.45) is 4.99 Å². The van der Waals surface area contributed by atoms with Gasteiger partial charge in [-0.25, -0.2) is 9.79 Å². The van der Waals surface area contributed by atoms with Crippen molar-refractivity contribution in [2.45, 2.75) is 33.7 Å². The SMILES string of the molecule is CCOC(=O)C1=C(C)N=c2s/c(=C/c3c4ccccc4c(C)c4ccccc34)c(=O)n2[C@H]1c1ccc(C)cc1. The lowest BCUT2D eigenvalue weighted by molar-refractivity contribution is -0.139. The first-order valence-corrected chi connectivity index (χ1v) is 13.9. The predicted molar refractivity (Wildman–Crippen MR) is 158 cm³/mol. The molecule has 1 aliphatic rings. The second kappa shape index (κ2) is 9.79. The Hall–Kier alpha value is -4.29. The number of carbonyl (C=O) groups is 1. The first-order chi connectivity index (χ1) is 18.9. The van der Waals surface area contributed by atoms with Crippen LogP contribution >= 0.6 is 11.3 Å². The van der Waals surface area contributed by atoms with Gasteiger partial charge in [0.2, 0.25) is 0 Å². The van der Waals surface area contributed by atoms with Gasteiger partial charge in [0.1, 0.15) is 0 Å². The number of ether oxygens (including phenoxy) is 1. The number of carbonyl (C=O) groups excluding carboxylic acids is 1. The third-order valence-corrected chi connectivity index (χ3v) is 8.41. The fourth-order valence-corrected chi connectivity index (χ4v) is 6.55. The summed E-state index contributed by atoms with van der Waals surface area (Å²) in [6.45, 7) is 7.99. The van der Waals surface area contributed by atoms with E-state index < -0.39 is 12.0 Å². The number of allylic oxidation sites excluding steroid dienone is 1. The average Bonchev–Trinajstić information content (AvgIpc) is 3.25. The smallest absolute Gasteiger partial charge is 0.338 e. The van der Waals surface area contributed by atoms with Gasteiger partial charge in [0.05, 0.1) is 28.5 Å². The molecule has 0 saturated heterocycles. The van der Waals surface area contributed by atoms with E-state index in [9.17, 15) is 9.59 Å². The maximum atomic E-state index is 14.1. The number of thiazole rings is 1. The predicted octanol–water partition coefficient (Wildman–Crippen LogP) is 5.72. The van der Waals surface area contributed by atoms with E-state index in [0.29, 0.717) is 20.6 Å². The minimum absolute atomic E-state index is 0.174. The van der Waals surface area contributed by atoms with Crippen LogP contribution in [0.3, 0.4) is 0 Å². The fourth-order valence-electron chi connectivity index (χ4n) is 5.52. The lowest BCUT2D eigenvalue weighted by atomic mass is 9.92. The number of fused-ring (bicyclic) bond motifs is 3. The number of hydrogen-bond donors (Lipinski definition) is 0. The van der Waals surface area contributed by atoms with Crippen molar-refractivity contribution in [3.63, 3.8) is 0 Å². The van der Waals surface area contributed by atoms with E-state index in [1.54, 1.807) is 11.5 Å². The number of rotatable bonds is 4. The molecule has 0 amide bonds. The normalized spacial score (nSPS) is 15.5. The van der Waals surface area contributed by atoms with E-state index in [-0.39, 0.29) is 12.2 Å². The van der Waals surface area contributed by atoms with Crippen molar-refractivity contribution in [3.8, 4) is 0 Å². The summed E-state index contributed by atoms with van der Waals surface area (Å²) in [5, 5.41) is 4.51. The molecule has 0 fully saturated rings. The molecule has 0 N–H and O–H groups in total. The molecule has 0 spiro atoms. The number of benzene rings is 4. The van der Waals surface area contributed by atoms with Gasteiger partial charge < -0.3 is 4.74 Å². The molecule has 1 aromatic heterocycles. The van der Waals surface area contributed by atoms with Gasteiger partial charge >= 0.3 is 5.97 Å². The minimum atomic E-state index is -0.616. The van der Waals surface area contributed by atoms with E-state index in [4.69, 9.17) is 9.73 Å². The Morgan fingerprint density at radius 3 is 2.10 bits per heavy atom. The monoisotopic (exact) mass is 532 g/mol. The van der Waals surface area contributed by atoms with Crippen LogP contribution in [0, 0.1) is 13.8 Å². The molecule has 0 radical (unpaired) electrons. The van der Waals surface area contributed by atoms with E-state index >= 15 is 0 Å². The molecular formula is C33H28N2O3S. The van der Waals surface area contributed by atoms with E-state index in [1.165, 1.54) is 16.9 Å². The van der Waals surface area contributed by atoms with Crippen LogP contribution in [0.2, 0.25) is 0 Å². The summed E-state index contributed by atoms with van der Waals surface area (Å²) in [5.74, 6) is -0.450. The summed E-state index contributed by atoms with van der Waals surface area (Å²) >= 11 is 1.35. The average molecular weight is 533 g/mol. The Bertz CT molecular complexity index is 1940. The number of nitrogens with zero attached hydrogens (tertiary/aromatic N) is 2. The maximum absolute atomic E-state index is 14.1. The van der Waals surface area contributed by atoms with Crippen LogP contribution in [0.4, 0.5) is 0 Å². The fraction of sp³-hybridized carbons (Fsp3) is 0.182. The van der Waals surface area contributed by atoms with Crippen LogP contribution in [-0.4, -0.2) is 17.1 Å². The van der Waals surface area contributed by atoms with Gasteiger partial charge in [-0.1, -0.05) is 89.7 Å². The van der Waals surface area contributed by atoms with Crippen molar-refractivity contribution in [2.75, 3.05) is 6.61 Å². The molecule has 0 bridgehead atoms. The highest BCUT2D eigenvalue weighted by atomic mass is 32.1. The largest absolute Gasteiger partial charge is 0.463 e. The van der Waals surface area contributed by atoms with Crippen molar-refractivity contribution < 1.29 is 9.53 Å². The number of aromatic nitrogens is 1. The molecule has 39 heavy (non-hydrogen) atoms. The molecule has 0 unspecified atom stereocenters. The van der Waals surface area contributed by atoms with Gasteiger partial charge in [-0.2, -0.15) is 0 Å². The molecule has 0 saturated carbocycles. The topological polar surface area (TPSA) is 60.7 Å². The molecule has 194 valence electrons. The van der Waals surface area contributed by atoms with Gasteiger partial charge in [0, 0.05) is 0 Å². The van der Waals surface area contributed by atoms with Gasteiger partial charge in [-0.05, 0) is 72.0 Å². The second-order valence-corrected chi connectivity index (χ2v) is 10.9. The maximum Gasteiger partial charge on any atom is 0.338 e. The van der Waals surface area contributed by atoms with Crippen LogP contribution in [-0.2, 0) is 9.53 Å². The quantitative estimate of drug-likeness (QED) is 0.220. The van der Waals surface area contributed by atoms with Crippen LogP contribution in [0.25, 0.3) is 27.6 Å². The van der Waals surface area contributed by atoms with Gasteiger partial charge in [0.25, 0.3) is 5.56 Å². The third-order valence-electron chi connectivity index (χ3n) is 7.43. The summed E-state index contributed by atoms with van der Waals surface area (Å²) < 4.78 is 7.64. The zero-order valence-electron chi connectivity index (χ0n) is 22.3. The van der Waals surface area contributed by atoms with E-state index in [0.717, 1.165) is 38.2 Å². The molecule has 2 heterocycles. The number of aryl methyl sites for hydroxylation is 2.